The lowest BCUT2D eigenvalue weighted by Gasteiger charge is -2.35. The van der Waals surface area contributed by atoms with E-state index in [9.17, 15) is 9.59 Å². The topological polar surface area (TPSA) is 53.1 Å². The monoisotopic (exact) mass is 437 g/mol. The summed E-state index contributed by atoms with van der Waals surface area (Å²) in [7, 11) is 3.47. The van der Waals surface area contributed by atoms with E-state index in [1.165, 1.54) is 5.56 Å². The summed E-state index contributed by atoms with van der Waals surface area (Å²) in [5, 5.41) is 0. The average molecular weight is 438 g/mol. The number of carbonyl (C=O) groups is 2. The molecule has 0 radical (unpaired) electrons. The van der Waals surface area contributed by atoms with Gasteiger partial charge in [0.15, 0.2) is 0 Å². The first kappa shape index (κ1) is 24.0. The maximum atomic E-state index is 13.1. The van der Waals surface area contributed by atoms with Crippen molar-refractivity contribution in [1.29, 1.82) is 0 Å². The van der Waals surface area contributed by atoms with Crippen molar-refractivity contribution in [3.63, 3.8) is 0 Å². The van der Waals surface area contributed by atoms with Gasteiger partial charge in [-0.2, -0.15) is 0 Å². The van der Waals surface area contributed by atoms with Gasteiger partial charge >= 0.3 is 0 Å². The van der Waals surface area contributed by atoms with E-state index in [1.807, 2.05) is 60.4 Å². The molecular formula is C26H35N3O3. The van der Waals surface area contributed by atoms with Gasteiger partial charge in [-0.3, -0.25) is 14.5 Å². The van der Waals surface area contributed by atoms with E-state index in [2.05, 4.69) is 18.7 Å². The molecule has 1 fully saturated rings. The van der Waals surface area contributed by atoms with Gasteiger partial charge in [0.2, 0.25) is 0 Å². The smallest absolute Gasteiger partial charge is 0.254 e. The highest BCUT2D eigenvalue weighted by Crippen LogP contribution is 2.16. The van der Waals surface area contributed by atoms with Crippen LogP contribution in [0.4, 0.5) is 0 Å². The number of nitrogens with zero attached hydrogens (tertiary/aromatic N) is 3. The van der Waals surface area contributed by atoms with E-state index >= 15 is 0 Å². The van der Waals surface area contributed by atoms with Crippen LogP contribution < -0.4 is 0 Å². The third-order valence-electron chi connectivity index (χ3n) is 5.75. The zero-order chi connectivity index (χ0) is 23.3. The van der Waals surface area contributed by atoms with Crippen molar-refractivity contribution in [3.8, 4) is 0 Å². The molecule has 1 aliphatic heterocycles. The second-order valence-corrected chi connectivity index (χ2v) is 8.86. The van der Waals surface area contributed by atoms with Crippen LogP contribution >= 0.6 is 0 Å². The van der Waals surface area contributed by atoms with E-state index in [0.29, 0.717) is 24.2 Å². The first-order valence-electron chi connectivity index (χ1n) is 11.3. The van der Waals surface area contributed by atoms with Gasteiger partial charge in [0.05, 0.1) is 12.2 Å². The highest BCUT2D eigenvalue weighted by atomic mass is 16.5. The van der Waals surface area contributed by atoms with Crippen molar-refractivity contribution in [2.75, 3.05) is 33.7 Å². The zero-order valence-corrected chi connectivity index (χ0v) is 19.9. The Balaban J connectivity index is 1.61. The van der Waals surface area contributed by atoms with Crippen LogP contribution in [0.15, 0.2) is 48.5 Å². The summed E-state index contributed by atoms with van der Waals surface area (Å²) in [6.45, 7) is 10.0. The Labute approximate surface area is 191 Å². The summed E-state index contributed by atoms with van der Waals surface area (Å²) in [6, 6.07) is 15.4. The molecule has 2 aromatic carbocycles. The third-order valence-corrected chi connectivity index (χ3v) is 5.75. The van der Waals surface area contributed by atoms with Crippen molar-refractivity contribution in [1.82, 2.24) is 14.7 Å². The normalized spacial score (nSPS) is 18.9. The fourth-order valence-corrected chi connectivity index (χ4v) is 4.17. The minimum Gasteiger partial charge on any atom is -0.373 e. The lowest BCUT2D eigenvalue weighted by Crippen LogP contribution is -2.44. The highest BCUT2D eigenvalue weighted by Gasteiger charge is 2.22. The van der Waals surface area contributed by atoms with Gasteiger partial charge in [-0.25, -0.2) is 0 Å². The average Bonchev–Trinajstić information content (AvgIpc) is 2.76. The summed E-state index contributed by atoms with van der Waals surface area (Å²) in [6.07, 6.45) is 0.487. The van der Waals surface area contributed by atoms with Crippen LogP contribution in [-0.4, -0.2) is 72.5 Å². The minimum atomic E-state index is -0.0268. The summed E-state index contributed by atoms with van der Waals surface area (Å²) >= 11 is 0. The second kappa shape index (κ2) is 10.7. The predicted molar refractivity (Wildman–Crippen MR) is 127 cm³/mol. The molecule has 6 nitrogen and oxygen atoms in total. The maximum Gasteiger partial charge on any atom is 0.254 e. The largest absolute Gasteiger partial charge is 0.373 e. The Kier molecular flexibility index (Phi) is 8.04. The standard InChI is InChI=1S/C26H35N3O3/c1-6-29(18-22-9-11-23(12-10-22)25(30)27(4)5)26(31)24-13-7-21(8-14-24)17-28-15-19(2)32-20(3)16-28/h7-14,19-20H,6,15-18H2,1-5H3. The molecule has 0 N–H and O–H groups in total. The summed E-state index contributed by atoms with van der Waals surface area (Å²) in [5.41, 5.74) is 3.54. The number of amides is 2. The van der Waals surface area contributed by atoms with Crippen LogP contribution in [0.2, 0.25) is 0 Å². The summed E-state index contributed by atoms with van der Waals surface area (Å²) < 4.78 is 5.81. The van der Waals surface area contributed by atoms with Gasteiger partial charge < -0.3 is 14.5 Å². The molecule has 0 saturated carbocycles. The van der Waals surface area contributed by atoms with E-state index in [-0.39, 0.29) is 24.0 Å². The first-order valence-corrected chi connectivity index (χ1v) is 11.3. The zero-order valence-electron chi connectivity index (χ0n) is 19.9. The maximum absolute atomic E-state index is 13.1. The molecule has 172 valence electrons. The molecule has 6 heteroatoms. The molecule has 2 atom stereocenters. The van der Waals surface area contributed by atoms with Crippen LogP contribution in [0.5, 0.6) is 0 Å². The summed E-state index contributed by atoms with van der Waals surface area (Å²) in [4.78, 5) is 30.9. The Hall–Kier alpha value is -2.70. The molecule has 0 aromatic heterocycles. The molecule has 1 heterocycles. The van der Waals surface area contributed by atoms with Gasteiger partial charge in [-0.1, -0.05) is 24.3 Å². The molecular weight excluding hydrogens is 402 g/mol. The van der Waals surface area contributed by atoms with Crippen molar-refractivity contribution >= 4 is 11.8 Å². The minimum absolute atomic E-state index is 0.0149. The SMILES string of the molecule is CCN(Cc1ccc(C(=O)N(C)C)cc1)C(=O)c1ccc(CN2CC(C)OC(C)C2)cc1. The van der Waals surface area contributed by atoms with Crippen LogP contribution in [0.1, 0.15) is 52.6 Å². The quantitative estimate of drug-likeness (QED) is 0.663. The fraction of sp³-hybridized carbons (Fsp3) is 0.462. The van der Waals surface area contributed by atoms with E-state index in [0.717, 1.165) is 25.2 Å². The molecule has 2 unspecified atom stereocenters. The Morgan fingerprint density at radius 1 is 0.875 bits per heavy atom. The number of hydrogen-bond acceptors (Lipinski definition) is 4. The van der Waals surface area contributed by atoms with Crippen LogP contribution in [0, 0.1) is 0 Å². The third kappa shape index (κ3) is 6.17. The van der Waals surface area contributed by atoms with Crippen LogP contribution in [0.25, 0.3) is 0 Å². The molecule has 0 aliphatic carbocycles. The van der Waals surface area contributed by atoms with Crippen LogP contribution in [-0.2, 0) is 17.8 Å². The molecule has 2 aromatic rings. The van der Waals surface area contributed by atoms with Gasteiger partial charge in [0.1, 0.15) is 0 Å². The first-order chi connectivity index (χ1) is 15.3. The van der Waals surface area contributed by atoms with Crippen molar-refractivity contribution in [2.24, 2.45) is 0 Å². The Morgan fingerprint density at radius 2 is 1.38 bits per heavy atom. The number of carbonyl (C=O) groups excluding carboxylic acids is 2. The Morgan fingerprint density at radius 3 is 1.88 bits per heavy atom. The number of rotatable bonds is 7. The predicted octanol–water partition coefficient (Wildman–Crippen LogP) is 3.66. The van der Waals surface area contributed by atoms with Gasteiger partial charge in [0.25, 0.3) is 11.8 Å². The van der Waals surface area contributed by atoms with Crippen molar-refractivity contribution in [2.45, 2.75) is 46.1 Å². The lowest BCUT2D eigenvalue weighted by atomic mass is 10.1. The van der Waals surface area contributed by atoms with Crippen molar-refractivity contribution in [3.05, 3.63) is 70.8 Å². The Bertz CT molecular complexity index is 899. The van der Waals surface area contributed by atoms with Gasteiger partial charge in [0, 0.05) is 57.9 Å². The van der Waals surface area contributed by atoms with E-state index in [4.69, 9.17) is 4.74 Å². The van der Waals surface area contributed by atoms with Crippen LogP contribution in [0.3, 0.4) is 0 Å². The lowest BCUT2D eigenvalue weighted by molar-refractivity contribution is -0.0704. The molecule has 1 aliphatic rings. The number of morpholine rings is 1. The molecule has 2 amide bonds. The molecule has 1 saturated heterocycles. The number of ether oxygens (including phenoxy) is 1. The summed E-state index contributed by atoms with van der Waals surface area (Å²) in [5.74, 6) is -0.0119. The molecule has 0 bridgehead atoms. The molecule has 0 spiro atoms. The number of hydrogen-bond donors (Lipinski definition) is 0. The van der Waals surface area contributed by atoms with E-state index < -0.39 is 0 Å². The van der Waals surface area contributed by atoms with Crippen molar-refractivity contribution < 1.29 is 14.3 Å². The highest BCUT2D eigenvalue weighted by molar-refractivity contribution is 5.94. The van der Waals surface area contributed by atoms with Gasteiger partial charge in [-0.15, -0.1) is 0 Å². The second-order valence-electron chi connectivity index (χ2n) is 8.86. The number of benzene rings is 2. The van der Waals surface area contributed by atoms with Gasteiger partial charge in [-0.05, 0) is 56.2 Å². The fourth-order valence-electron chi connectivity index (χ4n) is 4.17. The molecule has 32 heavy (non-hydrogen) atoms. The molecule has 3 rings (SSSR count). The van der Waals surface area contributed by atoms with E-state index in [1.54, 1.807) is 19.0 Å².